The van der Waals surface area contributed by atoms with E-state index < -0.39 is 0 Å². The number of rotatable bonds is 6. The molecular formula is C22H26N2O2. The van der Waals surface area contributed by atoms with Crippen LogP contribution in [-0.2, 0) is 24.1 Å². The molecule has 0 aliphatic heterocycles. The lowest BCUT2D eigenvalue weighted by molar-refractivity contribution is -0.123. The largest absolute Gasteiger partial charge is 0.393 e. The minimum absolute atomic E-state index is 0.0598. The Kier molecular flexibility index (Phi) is 5.02. The van der Waals surface area contributed by atoms with E-state index in [0.717, 1.165) is 37.8 Å². The van der Waals surface area contributed by atoms with Crippen molar-refractivity contribution in [2.45, 2.75) is 50.7 Å². The Balaban J connectivity index is 1.35. The van der Waals surface area contributed by atoms with Crippen LogP contribution in [0.15, 0.2) is 48.7 Å². The Morgan fingerprint density at radius 3 is 2.42 bits per heavy atom. The quantitative estimate of drug-likeness (QED) is 0.842. The van der Waals surface area contributed by atoms with Crippen LogP contribution >= 0.6 is 0 Å². The lowest BCUT2D eigenvalue weighted by Gasteiger charge is -2.38. The fourth-order valence-electron chi connectivity index (χ4n) is 4.36. The SMILES string of the molecule is O=C(CC1Cc2ccccc2C1)N[C@H](Cc1ccccn1)C1CC(O)C1. The normalized spacial score (nSPS) is 23.1. The first-order valence-electron chi connectivity index (χ1n) is 9.61. The molecule has 1 fully saturated rings. The molecule has 0 unspecified atom stereocenters. The topological polar surface area (TPSA) is 62.2 Å². The monoisotopic (exact) mass is 350 g/mol. The molecule has 2 aliphatic carbocycles. The van der Waals surface area contributed by atoms with Crippen molar-refractivity contribution in [2.75, 3.05) is 0 Å². The molecule has 0 radical (unpaired) electrons. The minimum Gasteiger partial charge on any atom is -0.393 e. The molecule has 1 aromatic carbocycles. The number of aromatic nitrogens is 1. The van der Waals surface area contributed by atoms with Crippen molar-refractivity contribution >= 4 is 5.91 Å². The molecule has 2 aliphatic rings. The van der Waals surface area contributed by atoms with Crippen LogP contribution in [-0.4, -0.2) is 28.1 Å². The maximum absolute atomic E-state index is 12.7. The van der Waals surface area contributed by atoms with E-state index in [1.54, 1.807) is 6.20 Å². The van der Waals surface area contributed by atoms with Crippen LogP contribution in [0, 0.1) is 11.8 Å². The lowest BCUT2D eigenvalue weighted by atomic mass is 9.75. The number of carbonyl (C=O) groups is 1. The first kappa shape index (κ1) is 17.2. The van der Waals surface area contributed by atoms with Gasteiger partial charge in [0.15, 0.2) is 0 Å². The number of nitrogens with zero attached hydrogens (tertiary/aromatic N) is 1. The van der Waals surface area contributed by atoms with Crippen molar-refractivity contribution < 1.29 is 9.90 Å². The fraction of sp³-hybridized carbons (Fsp3) is 0.455. The number of benzene rings is 1. The van der Waals surface area contributed by atoms with Gasteiger partial charge in [-0.25, -0.2) is 0 Å². The molecule has 136 valence electrons. The molecule has 26 heavy (non-hydrogen) atoms. The highest BCUT2D eigenvalue weighted by molar-refractivity contribution is 5.76. The summed E-state index contributed by atoms with van der Waals surface area (Å²) < 4.78 is 0. The molecule has 1 atom stereocenters. The number of aliphatic hydroxyl groups excluding tert-OH is 1. The number of pyridine rings is 1. The van der Waals surface area contributed by atoms with Gasteiger partial charge >= 0.3 is 0 Å². The van der Waals surface area contributed by atoms with Crippen LogP contribution in [0.3, 0.4) is 0 Å². The van der Waals surface area contributed by atoms with E-state index in [9.17, 15) is 9.90 Å². The third kappa shape index (κ3) is 3.96. The van der Waals surface area contributed by atoms with Gasteiger partial charge in [0.2, 0.25) is 5.91 Å². The Hall–Kier alpha value is -2.20. The molecule has 4 rings (SSSR count). The summed E-state index contributed by atoms with van der Waals surface area (Å²) in [5, 5.41) is 12.9. The van der Waals surface area contributed by atoms with Gasteiger partial charge in [-0.15, -0.1) is 0 Å². The Morgan fingerprint density at radius 2 is 1.81 bits per heavy atom. The maximum Gasteiger partial charge on any atom is 0.220 e. The maximum atomic E-state index is 12.7. The third-order valence-electron chi connectivity index (χ3n) is 5.83. The van der Waals surface area contributed by atoms with E-state index in [4.69, 9.17) is 0 Å². The average Bonchev–Trinajstić information content (AvgIpc) is 3.01. The van der Waals surface area contributed by atoms with Crippen molar-refractivity contribution in [3.8, 4) is 0 Å². The first-order chi connectivity index (χ1) is 12.7. The van der Waals surface area contributed by atoms with E-state index in [1.165, 1.54) is 11.1 Å². The molecule has 4 heteroatoms. The van der Waals surface area contributed by atoms with Crippen LogP contribution in [0.1, 0.15) is 36.1 Å². The van der Waals surface area contributed by atoms with E-state index in [1.807, 2.05) is 18.2 Å². The molecule has 2 aromatic rings. The van der Waals surface area contributed by atoms with Crippen molar-refractivity contribution in [1.82, 2.24) is 10.3 Å². The highest BCUT2D eigenvalue weighted by atomic mass is 16.3. The van der Waals surface area contributed by atoms with Crippen molar-refractivity contribution in [1.29, 1.82) is 0 Å². The number of nitrogens with one attached hydrogen (secondary N) is 1. The summed E-state index contributed by atoms with van der Waals surface area (Å²) in [6, 6.07) is 14.4. The van der Waals surface area contributed by atoms with Crippen molar-refractivity contribution in [3.63, 3.8) is 0 Å². The zero-order valence-electron chi connectivity index (χ0n) is 15.0. The van der Waals surface area contributed by atoms with Gasteiger partial charge in [-0.3, -0.25) is 9.78 Å². The standard InChI is InChI=1S/C22H26N2O2/c25-20-12-18(13-20)21(14-19-7-3-4-8-23-19)24-22(26)11-15-9-16-5-1-2-6-17(16)10-15/h1-8,15,18,20-21,25H,9-14H2,(H,24,26)/t18?,20?,21-/m1/s1. The molecule has 1 heterocycles. The number of carbonyl (C=O) groups excluding carboxylic acids is 1. The highest BCUT2D eigenvalue weighted by Crippen LogP contribution is 2.32. The van der Waals surface area contributed by atoms with E-state index in [0.29, 0.717) is 18.3 Å². The number of hydrogen-bond donors (Lipinski definition) is 2. The summed E-state index contributed by atoms with van der Waals surface area (Å²) in [7, 11) is 0. The zero-order chi connectivity index (χ0) is 17.9. The van der Waals surface area contributed by atoms with E-state index in [2.05, 4.69) is 34.6 Å². The summed E-state index contributed by atoms with van der Waals surface area (Å²) in [5.74, 6) is 0.872. The van der Waals surface area contributed by atoms with Crippen molar-refractivity contribution in [2.24, 2.45) is 11.8 Å². The lowest BCUT2D eigenvalue weighted by Crippen LogP contribution is -2.48. The Morgan fingerprint density at radius 1 is 1.12 bits per heavy atom. The van der Waals surface area contributed by atoms with Crippen molar-refractivity contribution in [3.05, 3.63) is 65.5 Å². The van der Waals surface area contributed by atoms with Crippen LogP contribution in [0.4, 0.5) is 0 Å². The smallest absolute Gasteiger partial charge is 0.220 e. The molecule has 2 N–H and O–H groups in total. The predicted molar refractivity (Wildman–Crippen MR) is 101 cm³/mol. The Bertz CT molecular complexity index is 731. The number of amides is 1. The van der Waals surface area contributed by atoms with Gasteiger partial charge in [-0.2, -0.15) is 0 Å². The second-order valence-corrected chi connectivity index (χ2v) is 7.83. The van der Waals surface area contributed by atoms with Gasteiger partial charge in [-0.1, -0.05) is 30.3 Å². The van der Waals surface area contributed by atoms with Crippen LogP contribution < -0.4 is 5.32 Å². The van der Waals surface area contributed by atoms with Gasteiger partial charge in [0.1, 0.15) is 0 Å². The highest BCUT2D eigenvalue weighted by Gasteiger charge is 2.35. The second kappa shape index (κ2) is 7.58. The third-order valence-corrected chi connectivity index (χ3v) is 5.83. The van der Waals surface area contributed by atoms with E-state index >= 15 is 0 Å². The van der Waals surface area contributed by atoms with Gasteiger partial charge in [0.25, 0.3) is 0 Å². The first-order valence-corrected chi connectivity index (χ1v) is 9.61. The molecule has 4 nitrogen and oxygen atoms in total. The summed E-state index contributed by atoms with van der Waals surface area (Å²) in [6.45, 7) is 0. The van der Waals surface area contributed by atoms with Crippen LogP contribution in [0.25, 0.3) is 0 Å². The van der Waals surface area contributed by atoms with Gasteiger partial charge < -0.3 is 10.4 Å². The van der Waals surface area contributed by atoms with Gasteiger partial charge in [0.05, 0.1) is 6.10 Å². The Labute approximate surface area is 154 Å². The fourth-order valence-corrected chi connectivity index (χ4v) is 4.36. The predicted octanol–water partition coefficient (Wildman–Crippen LogP) is 2.68. The summed E-state index contributed by atoms with van der Waals surface area (Å²) in [5.41, 5.74) is 3.77. The number of aliphatic hydroxyl groups is 1. The van der Waals surface area contributed by atoms with Crippen LogP contribution in [0.2, 0.25) is 0 Å². The second-order valence-electron chi connectivity index (χ2n) is 7.83. The molecule has 1 aromatic heterocycles. The molecule has 0 saturated heterocycles. The van der Waals surface area contributed by atoms with Crippen LogP contribution in [0.5, 0.6) is 0 Å². The number of fused-ring (bicyclic) bond motifs is 1. The summed E-state index contributed by atoms with van der Waals surface area (Å²) in [6.07, 6.45) is 6.41. The molecule has 0 bridgehead atoms. The minimum atomic E-state index is -0.215. The molecule has 1 saturated carbocycles. The van der Waals surface area contributed by atoms with Gasteiger partial charge in [-0.05, 0) is 60.8 Å². The zero-order valence-corrected chi connectivity index (χ0v) is 15.0. The molecular weight excluding hydrogens is 324 g/mol. The average molecular weight is 350 g/mol. The van der Waals surface area contributed by atoms with Gasteiger partial charge in [0, 0.05) is 30.8 Å². The molecule has 0 spiro atoms. The summed E-state index contributed by atoms with van der Waals surface area (Å²) >= 11 is 0. The van der Waals surface area contributed by atoms with E-state index in [-0.39, 0.29) is 18.1 Å². The summed E-state index contributed by atoms with van der Waals surface area (Å²) in [4.78, 5) is 17.1. The number of hydrogen-bond acceptors (Lipinski definition) is 3. The molecule has 1 amide bonds.